The monoisotopic (exact) mass is 355 g/mol. The van der Waals surface area contributed by atoms with E-state index in [4.69, 9.17) is 11.6 Å². The average molecular weight is 356 g/mol. The van der Waals surface area contributed by atoms with Gasteiger partial charge in [-0.15, -0.1) is 0 Å². The number of fused-ring (bicyclic) bond motifs is 1. The van der Waals surface area contributed by atoms with E-state index in [9.17, 15) is 14.7 Å². The minimum absolute atomic E-state index is 0.0107. The molecule has 0 radical (unpaired) electrons. The van der Waals surface area contributed by atoms with Crippen LogP contribution < -0.4 is 10.6 Å². The summed E-state index contributed by atoms with van der Waals surface area (Å²) in [5.74, 6) is -1.38. The number of aromatic carboxylic acids is 1. The predicted octanol–water partition coefficient (Wildman–Crippen LogP) is 3.69. The third-order valence-electron chi connectivity index (χ3n) is 3.70. The highest BCUT2D eigenvalue weighted by Crippen LogP contribution is 2.30. The van der Waals surface area contributed by atoms with Gasteiger partial charge in [-0.1, -0.05) is 11.6 Å². The molecule has 25 heavy (non-hydrogen) atoms. The molecule has 0 unspecified atom stereocenters. The summed E-state index contributed by atoms with van der Waals surface area (Å²) < 4.78 is 0. The number of halogens is 1. The van der Waals surface area contributed by atoms with Gasteiger partial charge in [-0.25, -0.2) is 4.79 Å². The molecular formula is C18H14ClN3O3. The third kappa shape index (κ3) is 3.39. The Labute approximate surface area is 148 Å². The number of benzene rings is 2. The topological polar surface area (TPSA) is 91.3 Å². The van der Waals surface area contributed by atoms with Gasteiger partial charge in [0.2, 0.25) is 0 Å². The van der Waals surface area contributed by atoms with E-state index < -0.39 is 5.97 Å². The number of amides is 1. The molecule has 0 aliphatic carbocycles. The maximum atomic E-state index is 11.9. The lowest BCUT2D eigenvalue weighted by Crippen LogP contribution is -2.17. The molecule has 3 rings (SSSR count). The Kier molecular flexibility index (Phi) is 4.54. The fourth-order valence-electron chi connectivity index (χ4n) is 2.45. The number of hydrogen-bond donors (Lipinski definition) is 3. The number of carboxylic acid groups (broad SMARTS) is 1. The third-order valence-corrected chi connectivity index (χ3v) is 3.95. The number of aromatic nitrogens is 1. The van der Waals surface area contributed by atoms with Crippen LogP contribution in [0.1, 0.15) is 20.7 Å². The Hall–Kier alpha value is -3.12. The van der Waals surface area contributed by atoms with E-state index in [-0.39, 0.29) is 11.5 Å². The Morgan fingerprint density at radius 1 is 1.12 bits per heavy atom. The van der Waals surface area contributed by atoms with Crippen molar-refractivity contribution in [1.82, 2.24) is 10.3 Å². The van der Waals surface area contributed by atoms with Gasteiger partial charge >= 0.3 is 5.97 Å². The van der Waals surface area contributed by atoms with Crippen LogP contribution >= 0.6 is 11.6 Å². The van der Waals surface area contributed by atoms with Crippen molar-refractivity contribution in [3.63, 3.8) is 0 Å². The fourth-order valence-corrected chi connectivity index (χ4v) is 2.58. The van der Waals surface area contributed by atoms with Crippen molar-refractivity contribution in [3.05, 3.63) is 64.8 Å². The van der Waals surface area contributed by atoms with E-state index >= 15 is 0 Å². The van der Waals surface area contributed by atoms with Gasteiger partial charge in [-0.2, -0.15) is 0 Å². The van der Waals surface area contributed by atoms with Crippen LogP contribution in [0.5, 0.6) is 0 Å². The zero-order chi connectivity index (χ0) is 18.0. The number of rotatable bonds is 4. The van der Waals surface area contributed by atoms with Gasteiger partial charge in [0.25, 0.3) is 5.91 Å². The van der Waals surface area contributed by atoms with Crippen LogP contribution in [0.25, 0.3) is 10.9 Å². The van der Waals surface area contributed by atoms with Crippen molar-refractivity contribution in [2.75, 3.05) is 12.4 Å². The van der Waals surface area contributed by atoms with E-state index in [2.05, 4.69) is 15.6 Å². The zero-order valence-electron chi connectivity index (χ0n) is 13.2. The fraction of sp³-hybridized carbons (Fsp3) is 0.0556. The number of carbonyl (C=O) groups is 2. The highest BCUT2D eigenvalue weighted by Gasteiger charge is 2.16. The number of nitrogens with one attached hydrogen (secondary N) is 2. The summed E-state index contributed by atoms with van der Waals surface area (Å²) in [5, 5.41) is 16.2. The Bertz CT molecular complexity index is 971. The molecule has 3 N–H and O–H groups in total. The van der Waals surface area contributed by atoms with Gasteiger partial charge in [-0.3, -0.25) is 9.78 Å². The highest BCUT2D eigenvalue weighted by atomic mass is 35.5. The van der Waals surface area contributed by atoms with Crippen molar-refractivity contribution in [2.24, 2.45) is 0 Å². The van der Waals surface area contributed by atoms with E-state index in [1.54, 1.807) is 42.5 Å². The lowest BCUT2D eigenvalue weighted by Gasteiger charge is -2.13. The van der Waals surface area contributed by atoms with Crippen molar-refractivity contribution in [1.29, 1.82) is 0 Å². The zero-order valence-corrected chi connectivity index (χ0v) is 14.0. The summed E-state index contributed by atoms with van der Waals surface area (Å²) >= 11 is 5.89. The van der Waals surface area contributed by atoms with E-state index in [1.807, 2.05) is 0 Å². The molecule has 1 aromatic heterocycles. The summed E-state index contributed by atoms with van der Waals surface area (Å²) in [7, 11) is 1.53. The minimum Gasteiger partial charge on any atom is -0.478 e. The van der Waals surface area contributed by atoms with E-state index in [0.29, 0.717) is 32.9 Å². The van der Waals surface area contributed by atoms with Crippen LogP contribution in [0.2, 0.25) is 5.02 Å². The molecule has 7 heteroatoms. The second-order valence-electron chi connectivity index (χ2n) is 5.29. The maximum absolute atomic E-state index is 11.9. The van der Waals surface area contributed by atoms with Crippen LogP contribution in [0, 0.1) is 0 Å². The Balaban J connectivity index is 2.20. The summed E-state index contributed by atoms with van der Waals surface area (Å²) in [6.45, 7) is 0. The van der Waals surface area contributed by atoms with Gasteiger partial charge in [0.05, 0.1) is 11.2 Å². The first-order chi connectivity index (χ1) is 12.0. The molecular weight excluding hydrogens is 342 g/mol. The predicted molar refractivity (Wildman–Crippen MR) is 96.8 cm³/mol. The molecule has 0 spiro atoms. The first kappa shape index (κ1) is 16.7. The summed E-state index contributed by atoms with van der Waals surface area (Å²) in [6, 6.07) is 11.8. The lowest BCUT2D eigenvalue weighted by atomic mass is 10.1. The molecule has 0 saturated heterocycles. The van der Waals surface area contributed by atoms with Gasteiger partial charge in [-0.05, 0) is 42.5 Å². The van der Waals surface area contributed by atoms with Crippen LogP contribution in [0.3, 0.4) is 0 Å². The summed E-state index contributed by atoms with van der Waals surface area (Å²) in [6.07, 6.45) is 1.29. The summed E-state index contributed by atoms with van der Waals surface area (Å²) in [5.41, 5.74) is 2.04. The van der Waals surface area contributed by atoms with Gasteiger partial charge in [0.1, 0.15) is 5.56 Å². The molecule has 126 valence electrons. The molecule has 3 aromatic rings. The van der Waals surface area contributed by atoms with Gasteiger partial charge in [0, 0.05) is 34.9 Å². The van der Waals surface area contributed by atoms with Crippen molar-refractivity contribution in [2.45, 2.75) is 0 Å². The number of pyridine rings is 1. The molecule has 0 aliphatic rings. The highest BCUT2D eigenvalue weighted by molar-refractivity contribution is 6.30. The van der Waals surface area contributed by atoms with Crippen molar-refractivity contribution >= 4 is 45.8 Å². The normalized spacial score (nSPS) is 10.5. The van der Waals surface area contributed by atoms with E-state index in [0.717, 1.165) is 0 Å². The summed E-state index contributed by atoms with van der Waals surface area (Å²) in [4.78, 5) is 27.7. The molecule has 0 atom stereocenters. The molecule has 6 nitrogen and oxygen atoms in total. The van der Waals surface area contributed by atoms with Gasteiger partial charge < -0.3 is 15.7 Å². The lowest BCUT2D eigenvalue weighted by molar-refractivity contribution is 0.0697. The van der Waals surface area contributed by atoms with Crippen LogP contribution in [-0.4, -0.2) is 29.0 Å². The molecule has 0 aliphatic heterocycles. The second kappa shape index (κ2) is 6.78. The molecule has 0 saturated carbocycles. The minimum atomic E-state index is -1.11. The first-order valence-electron chi connectivity index (χ1n) is 7.40. The van der Waals surface area contributed by atoms with Crippen molar-refractivity contribution < 1.29 is 14.7 Å². The Morgan fingerprint density at radius 2 is 1.84 bits per heavy atom. The molecule has 1 amide bonds. The quantitative estimate of drug-likeness (QED) is 0.664. The standard InChI is InChI=1S/C18H14ClN3O3/c1-20-17(23)10-2-7-15-13(8-10)16(14(9-21-15)18(24)25)22-12-5-3-11(19)4-6-12/h2-9H,1H3,(H,20,23)(H,21,22)(H,24,25). The van der Waals surface area contributed by atoms with Crippen LogP contribution in [0.4, 0.5) is 11.4 Å². The average Bonchev–Trinajstić information content (AvgIpc) is 2.62. The number of hydrogen-bond acceptors (Lipinski definition) is 4. The smallest absolute Gasteiger partial charge is 0.339 e. The molecule has 1 heterocycles. The maximum Gasteiger partial charge on any atom is 0.339 e. The van der Waals surface area contributed by atoms with Crippen LogP contribution in [0.15, 0.2) is 48.7 Å². The Morgan fingerprint density at radius 3 is 2.48 bits per heavy atom. The number of anilines is 2. The molecule has 0 bridgehead atoms. The first-order valence-corrected chi connectivity index (χ1v) is 7.78. The molecule has 2 aromatic carbocycles. The van der Waals surface area contributed by atoms with Gasteiger partial charge in [0.15, 0.2) is 0 Å². The number of carboxylic acids is 1. The molecule has 0 fully saturated rings. The largest absolute Gasteiger partial charge is 0.478 e. The van der Waals surface area contributed by atoms with Crippen molar-refractivity contribution in [3.8, 4) is 0 Å². The number of carbonyl (C=O) groups excluding carboxylic acids is 1. The van der Waals surface area contributed by atoms with Crippen LogP contribution in [-0.2, 0) is 0 Å². The van der Waals surface area contributed by atoms with E-state index in [1.165, 1.54) is 13.2 Å². The SMILES string of the molecule is CNC(=O)c1ccc2ncc(C(=O)O)c(Nc3ccc(Cl)cc3)c2c1. The second-order valence-corrected chi connectivity index (χ2v) is 5.73. The number of nitrogens with zero attached hydrogens (tertiary/aromatic N) is 1.